The van der Waals surface area contributed by atoms with Crippen LogP contribution < -0.4 is 9.62 Å². The molecule has 1 aliphatic heterocycles. The van der Waals surface area contributed by atoms with Crippen LogP contribution in [0.2, 0.25) is 10.0 Å². The summed E-state index contributed by atoms with van der Waals surface area (Å²) in [5.41, 5.74) is 1.61. The molecule has 2 aromatic rings. The fourth-order valence-corrected chi connectivity index (χ4v) is 4.45. The number of anilines is 2. The first-order chi connectivity index (χ1) is 11.0. The average Bonchev–Trinajstić information content (AvgIpc) is 3.01. The van der Waals surface area contributed by atoms with Crippen molar-refractivity contribution in [2.24, 2.45) is 0 Å². The van der Waals surface area contributed by atoms with Gasteiger partial charge in [-0.25, -0.2) is 8.42 Å². The number of hydrogen-bond acceptors (Lipinski definition) is 3. The van der Waals surface area contributed by atoms with Crippen LogP contribution in [0.1, 0.15) is 12.8 Å². The van der Waals surface area contributed by atoms with Crippen LogP contribution in [0, 0.1) is 0 Å². The second kappa shape index (κ2) is 6.59. The highest BCUT2D eigenvalue weighted by Crippen LogP contribution is 2.28. The monoisotopic (exact) mass is 370 g/mol. The first-order valence-electron chi connectivity index (χ1n) is 7.29. The molecule has 0 amide bonds. The Balaban J connectivity index is 1.80. The molecule has 0 radical (unpaired) electrons. The minimum Gasteiger partial charge on any atom is -0.372 e. The summed E-state index contributed by atoms with van der Waals surface area (Å²) in [6.45, 7) is 2.09. The number of hydrogen-bond donors (Lipinski definition) is 1. The number of sulfonamides is 1. The van der Waals surface area contributed by atoms with Crippen molar-refractivity contribution in [1.29, 1.82) is 0 Å². The van der Waals surface area contributed by atoms with E-state index in [9.17, 15) is 8.42 Å². The van der Waals surface area contributed by atoms with E-state index >= 15 is 0 Å². The van der Waals surface area contributed by atoms with E-state index < -0.39 is 10.0 Å². The van der Waals surface area contributed by atoms with Gasteiger partial charge in [-0.3, -0.25) is 4.72 Å². The molecule has 1 aliphatic rings. The summed E-state index contributed by atoms with van der Waals surface area (Å²) in [4.78, 5) is 2.29. The molecular formula is C16H16Cl2N2O2S. The molecule has 0 spiro atoms. The Morgan fingerprint density at radius 1 is 0.957 bits per heavy atom. The first kappa shape index (κ1) is 16.4. The Bertz CT molecular complexity index is 801. The first-order valence-corrected chi connectivity index (χ1v) is 9.52. The highest BCUT2D eigenvalue weighted by Gasteiger charge is 2.18. The second-order valence-corrected chi connectivity index (χ2v) is 7.92. The highest BCUT2D eigenvalue weighted by molar-refractivity contribution is 7.92. The van der Waals surface area contributed by atoms with Crippen molar-refractivity contribution in [2.45, 2.75) is 17.7 Å². The van der Waals surface area contributed by atoms with E-state index in [4.69, 9.17) is 23.2 Å². The van der Waals surface area contributed by atoms with Crippen molar-refractivity contribution in [1.82, 2.24) is 0 Å². The summed E-state index contributed by atoms with van der Waals surface area (Å²) in [5.74, 6) is 0. The minimum atomic E-state index is -3.75. The molecule has 0 aromatic heterocycles. The summed E-state index contributed by atoms with van der Waals surface area (Å²) in [6, 6.07) is 11.7. The molecule has 0 unspecified atom stereocenters. The van der Waals surface area contributed by atoms with Gasteiger partial charge in [0.2, 0.25) is 0 Å². The molecule has 1 N–H and O–H groups in total. The largest absolute Gasteiger partial charge is 0.372 e. The highest BCUT2D eigenvalue weighted by atomic mass is 35.5. The fourth-order valence-electron chi connectivity index (χ4n) is 2.62. The molecule has 4 nitrogen and oxygen atoms in total. The SMILES string of the molecule is O=S(=O)(Nc1ccc(N2CCCC2)cc1)c1ccc(Cl)cc1Cl. The van der Waals surface area contributed by atoms with Gasteiger partial charge in [0.05, 0.1) is 5.02 Å². The zero-order chi connectivity index (χ0) is 16.4. The average molecular weight is 371 g/mol. The molecule has 122 valence electrons. The minimum absolute atomic E-state index is 0.00665. The van der Waals surface area contributed by atoms with E-state index in [1.54, 1.807) is 12.1 Å². The maximum Gasteiger partial charge on any atom is 0.263 e. The van der Waals surface area contributed by atoms with E-state index in [-0.39, 0.29) is 9.92 Å². The predicted molar refractivity (Wildman–Crippen MR) is 95.2 cm³/mol. The van der Waals surface area contributed by atoms with E-state index in [1.807, 2.05) is 12.1 Å². The van der Waals surface area contributed by atoms with Gasteiger partial charge in [-0.1, -0.05) is 23.2 Å². The van der Waals surface area contributed by atoms with Crippen LogP contribution in [-0.2, 0) is 10.0 Å². The van der Waals surface area contributed by atoms with Gasteiger partial charge >= 0.3 is 0 Å². The summed E-state index contributed by atoms with van der Waals surface area (Å²) in [7, 11) is -3.75. The molecule has 7 heteroatoms. The lowest BCUT2D eigenvalue weighted by Crippen LogP contribution is -2.17. The summed E-state index contributed by atoms with van der Waals surface area (Å²) in [5, 5.41) is 0.489. The van der Waals surface area contributed by atoms with E-state index in [0.29, 0.717) is 10.7 Å². The predicted octanol–water partition coefficient (Wildman–Crippen LogP) is 4.39. The Kier molecular flexibility index (Phi) is 4.71. The summed E-state index contributed by atoms with van der Waals surface area (Å²) >= 11 is 11.8. The lowest BCUT2D eigenvalue weighted by molar-refractivity contribution is 0.601. The molecule has 23 heavy (non-hydrogen) atoms. The number of halogens is 2. The lowest BCUT2D eigenvalue weighted by Gasteiger charge is -2.18. The van der Waals surface area contributed by atoms with Crippen LogP contribution in [-0.4, -0.2) is 21.5 Å². The van der Waals surface area contributed by atoms with Crippen LogP contribution in [0.3, 0.4) is 0 Å². The van der Waals surface area contributed by atoms with Gasteiger partial charge in [0.15, 0.2) is 0 Å². The molecule has 0 atom stereocenters. The quantitative estimate of drug-likeness (QED) is 0.867. The van der Waals surface area contributed by atoms with Crippen LogP contribution in [0.5, 0.6) is 0 Å². The number of benzene rings is 2. The van der Waals surface area contributed by atoms with Crippen molar-refractivity contribution in [3.63, 3.8) is 0 Å². The maximum atomic E-state index is 12.4. The van der Waals surface area contributed by atoms with Crippen molar-refractivity contribution in [3.05, 3.63) is 52.5 Å². The summed E-state index contributed by atoms with van der Waals surface area (Å²) in [6.07, 6.45) is 2.40. The van der Waals surface area contributed by atoms with Gasteiger partial charge in [0.25, 0.3) is 10.0 Å². The van der Waals surface area contributed by atoms with Crippen molar-refractivity contribution < 1.29 is 8.42 Å². The Hall–Kier alpha value is -1.43. The topological polar surface area (TPSA) is 49.4 Å². The van der Waals surface area contributed by atoms with Gasteiger partial charge in [-0.05, 0) is 55.3 Å². The lowest BCUT2D eigenvalue weighted by atomic mass is 10.2. The third-order valence-electron chi connectivity index (χ3n) is 3.77. The molecule has 1 saturated heterocycles. The zero-order valence-electron chi connectivity index (χ0n) is 12.3. The molecule has 2 aromatic carbocycles. The Morgan fingerprint density at radius 2 is 1.61 bits per heavy atom. The Labute approximate surface area is 146 Å². The van der Waals surface area contributed by atoms with Crippen molar-refractivity contribution >= 4 is 44.6 Å². The smallest absolute Gasteiger partial charge is 0.263 e. The molecule has 3 rings (SSSR count). The summed E-state index contributed by atoms with van der Waals surface area (Å²) < 4.78 is 27.4. The molecule has 1 fully saturated rings. The van der Waals surface area contributed by atoms with E-state index in [2.05, 4.69) is 9.62 Å². The van der Waals surface area contributed by atoms with Gasteiger partial charge in [0, 0.05) is 29.5 Å². The van der Waals surface area contributed by atoms with Crippen LogP contribution in [0.15, 0.2) is 47.4 Å². The molecule has 0 bridgehead atoms. The Morgan fingerprint density at radius 3 is 2.22 bits per heavy atom. The molecule has 0 aliphatic carbocycles. The second-order valence-electron chi connectivity index (χ2n) is 5.42. The zero-order valence-corrected chi connectivity index (χ0v) is 14.6. The normalized spacial score (nSPS) is 15.0. The van der Waals surface area contributed by atoms with Crippen LogP contribution in [0.4, 0.5) is 11.4 Å². The van der Waals surface area contributed by atoms with E-state index in [0.717, 1.165) is 18.8 Å². The molecule has 0 saturated carbocycles. The number of nitrogens with zero attached hydrogens (tertiary/aromatic N) is 1. The molecule has 1 heterocycles. The molecular weight excluding hydrogens is 355 g/mol. The van der Waals surface area contributed by atoms with Gasteiger partial charge in [-0.15, -0.1) is 0 Å². The van der Waals surface area contributed by atoms with Crippen LogP contribution >= 0.6 is 23.2 Å². The van der Waals surface area contributed by atoms with Gasteiger partial charge in [-0.2, -0.15) is 0 Å². The van der Waals surface area contributed by atoms with Crippen molar-refractivity contribution in [3.8, 4) is 0 Å². The third kappa shape index (κ3) is 3.74. The standard InChI is InChI=1S/C16H16Cl2N2O2S/c17-12-3-8-16(15(18)11-12)23(21,22)19-13-4-6-14(7-5-13)20-9-1-2-10-20/h3-8,11,19H,1-2,9-10H2. The number of nitrogens with one attached hydrogen (secondary N) is 1. The van der Waals surface area contributed by atoms with Gasteiger partial charge in [0.1, 0.15) is 4.90 Å². The fraction of sp³-hybridized carbons (Fsp3) is 0.250. The van der Waals surface area contributed by atoms with Crippen molar-refractivity contribution in [2.75, 3.05) is 22.7 Å². The van der Waals surface area contributed by atoms with E-state index in [1.165, 1.54) is 31.0 Å². The van der Waals surface area contributed by atoms with Gasteiger partial charge < -0.3 is 4.90 Å². The number of rotatable bonds is 4. The maximum absolute atomic E-state index is 12.4. The third-order valence-corrected chi connectivity index (χ3v) is 5.87. The van der Waals surface area contributed by atoms with Crippen LogP contribution in [0.25, 0.3) is 0 Å².